The lowest BCUT2D eigenvalue weighted by Crippen LogP contribution is -2.58. The number of likely N-dealkylation sites (N-methyl/N-ethyl adjacent to an activating group) is 1. The topological polar surface area (TPSA) is 44.3 Å². The molecule has 0 spiro atoms. The molecular formula is C15H27N5. The molecule has 1 saturated heterocycles. The van der Waals surface area contributed by atoms with Crippen LogP contribution < -0.4 is 10.2 Å². The smallest absolute Gasteiger partial charge is 0.225 e. The van der Waals surface area contributed by atoms with Gasteiger partial charge >= 0.3 is 0 Å². The van der Waals surface area contributed by atoms with Gasteiger partial charge in [-0.3, -0.25) is 4.90 Å². The van der Waals surface area contributed by atoms with Gasteiger partial charge in [-0.05, 0) is 33.9 Å². The summed E-state index contributed by atoms with van der Waals surface area (Å²) in [5.41, 5.74) is 1.32. The molecule has 0 radical (unpaired) electrons. The first-order valence-electron chi connectivity index (χ1n) is 7.51. The van der Waals surface area contributed by atoms with Gasteiger partial charge in [0.05, 0.1) is 0 Å². The van der Waals surface area contributed by atoms with Crippen molar-refractivity contribution in [2.75, 3.05) is 38.1 Å². The van der Waals surface area contributed by atoms with Crippen LogP contribution in [-0.2, 0) is 6.54 Å². The average Bonchev–Trinajstić information content (AvgIpc) is 2.43. The molecule has 112 valence electrons. The fraction of sp³-hybridized carbons (Fsp3) is 0.733. The Kier molecular flexibility index (Phi) is 4.94. The third kappa shape index (κ3) is 3.67. The van der Waals surface area contributed by atoms with Crippen molar-refractivity contribution in [1.29, 1.82) is 0 Å². The standard InChI is InChI=1S/C15H27N5/c1-5-6-16-9-13-10-17-14(18-11-13)20-8-7-19(4)15(2,3)12-20/h10-11,16H,5-9,12H2,1-4H3. The zero-order valence-corrected chi connectivity index (χ0v) is 13.2. The zero-order chi connectivity index (χ0) is 14.6. The third-order valence-electron chi connectivity index (χ3n) is 4.05. The predicted octanol–water partition coefficient (Wildman–Crippen LogP) is 1.51. The highest BCUT2D eigenvalue weighted by Gasteiger charge is 2.31. The van der Waals surface area contributed by atoms with Crippen molar-refractivity contribution in [1.82, 2.24) is 20.2 Å². The number of anilines is 1. The first-order chi connectivity index (χ1) is 9.53. The normalized spacial score (nSPS) is 19.3. The van der Waals surface area contributed by atoms with Crippen LogP contribution in [0, 0.1) is 0 Å². The number of nitrogens with one attached hydrogen (secondary N) is 1. The van der Waals surface area contributed by atoms with E-state index in [1.54, 1.807) is 0 Å². The van der Waals surface area contributed by atoms with Crippen LogP contribution in [-0.4, -0.2) is 53.6 Å². The number of hydrogen-bond donors (Lipinski definition) is 1. The van der Waals surface area contributed by atoms with Crippen LogP contribution in [0.25, 0.3) is 0 Å². The highest BCUT2D eigenvalue weighted by Crippen LogP contribution is 2.21. The van der Waals surface area contributed by atoms with Gasteiger partial charge in [0, 0.05) is 49.7 Å². The van der Waals surface area contributed by atoms with Gasteiger partial charge in [-0.1, -0.05) is 6.92 Å². The first kappa shape index (κ1) is 15.2. The third-order valence-corrected chi connectivity index (χ3v) is 4.05. The maximum Gasteiger partial charge on any atom is 0.225 e. The quantitative estimate of drug-likeness (QED) is 0.827. The molecule has 0 aromatic carbocycles. The van der Waals surface area contributed by atoms with Gasteiger partial charge in [0.25, 0.3) is 0 Å². The Labute approximate surface area is 122 Å². The monoisotopic (exact) mass is 277 g/mol. The van der Waals surface area contributed by atoms with E-state index >= 15 is 0 Å². The summed E-state index contributed by atoms with van der Waals surface area (Å²) in [6.45, 7) is 11.6. The SMILES string of the molecule is CCCNCc1cnc(N2CCN(C)C(C)(C)C2)nc1. The minimum Gasteiger partial charge on any atom is -0.338 e. The highest BCUT2D eigenvalue weighted by atomic mass is 15.3. The molecule has 5 nitrogen and oxygen atoms in total. The van der Waals surface area contributed by atoms with Gasteiger partial charge in [-0.25, -0.2) is 9.97 Å². The number of hydrogen-bond acceptors (Lipinski definition) is 5. The Bertz CT molecular complexity index is 415. The number of piperazine rings is 1. The summed E-state index contributed by atoms with van der Waals surface area (Å²) < 4.78 is 0. The maximum absolute atomic E-state index is 4.53. The summed E-state index contributed by atoms with van der Waals surface area (Å²) in [4.78, 5) is 13.7. The molecule has 5 heteroatoms. The van der Waals surface area contributed by atoms with Crippen molar-refractivity contribution < 1.29 is 0 Å². The average molecular weight is 277 g/mol. The maximum atomic E-state index is 4.53. The molecule has 0 atom stereocenters. The van der Waals surface area contributed by atoms with Crippen molar-refractivity contribution in [2.24, 2.45) is 0 Å². The summed E-state index contributed by atoms with van der Waals surface area (Å²) in [5, 5.41) is 3.37. The molecule has 2 rings (SSSR count). The van der Waals surface area contributed by atoms with Crippen LogP contribution in [0.15, 0.2) is 12.4 Å². The van der Waals surface area contributed by atoms with Gasteiger partial charge in [0.2, 0.25) is 5.95 Å². The number of nitrogens with zero attached hydrogens (tertiary/aromatic N) is 4. The molecule has 1 aromatic rings. The lowest BCUT2D eigenvalue weighted by Gasteiger charge is -2.45. The Morgan fingerprint density at radius 3 is 2.55 bits per heavy atom. The van der Waals surface area contributed by atoms with E-state index in [9.17, 15) is 0 Å². The summed E-state index contributed by atoms with van der Waals surface area (Å²) in [7, 11) is 2.18. The summed E-state index contributed by atoms with van der Waals surface area (Å²) in [5.74, 6) is 0.852. The van der Waals surface area contributed by atoms with Gasteiger partial charge in [0.15, 0.2) is 0 Å². The van der Waals surface area contributed by atoms with Crippen molar-refractivity contribution in [3.63, 3.8) is 0 Å². The minimum atomic E-state index is 0.170. The Morgan fingerprint density at radius 1 is 1.25 bits per heavy atom. The lowest BCUT2D eigenvalue weighted by molar-refractivity contribution is 0.138. The second kappa shape index (κ2) is 6.50. The molecule has 1 aliphatic rings. The van der Waals surface area contributed by atoms with Crippen LogP contribution in [0.1, 0.15) is 32.8 Å². The van der Waals surface area contributed by atoms with Crippen LogP contribution in [0.5, 0.6) is 0 Å². The minimum absolute atomic E-state index is 0.170. The summed E-state index contributed by atoms with van der Waals surface area (Å²) in [6.07, 6.45) is 5.03. The van der Waals surface area contributed by atoms with E-state index in [0.29, 0.717) is 0 Å². The Balaban J connectivity index is 1.96. The second-order valence-corrected chi connectivity index (χ2v) is 6.22. The van der Waals surface area contributed by atoms with E-state index in [1.165, 1.54) is 0 Å². The molecule has 0 aliphatic carbocycles. The van der Waals surface area contributed by atoms with Gasteiger partial charge in [-0.2, -0.15) is 0 Å². The van der Waals surface area contributed by atoms with E-state index in [2.05, 4.69) is 52.9 Å². The molecule has 0 saturated carbocycles. The van der Waals surface area contributed by atoms with Crippen LogP contribution in [0.3, 0.4) is 0 Å². The number of rotatable bonds is 5. The zero-order valence-electron chi connectivity index (χ0n) is 13.2. The van der Waals surface area contributed by atoms with Crippen LogP contribution in [0.4, 0.5) is 5.95 Å². The molecule has 0 bridgehead atoms. The second-order valence-electron chi connectivity index (χ2n) is 6.22. The largest absolute Gasteiger partial charge is 0.338 e. The van der Waals surface area contributed by atoms with E-state index in [1.807, 2.05) is 12.4 Å². The number of aromatic nitrogens is 2. The Morgan fingerprint density at radius 2 is 1.95 bits per heavy atom. The Hall–Kier alpha value is -1.20. The van der Waals surface area contributed by atoms with Crippen LogP contribution >= 0.6 is 0 Å². The van der Waals surface area contributed by atoms with Gasteiger partial charge in [-0.15, -0.1) is 0 Å². The van der Waals surface area contributed by atoms with Crippen molar-refractivity contribution >= 4 is 5.95 Å². The van der Waals surface area contributed by atoms with E-state index in [4.69, 9.17) is 0 Å². The van der Waals surface area contributed by atoms with Gasteiger partial charge < -0.3 is 10.2 Å². The predicted molar refractivity (Wildman–Crippen MR) is 83.0 cm³/mol. The first-order valence-corrected chi connectivity index (χ1v) is 7.51. The summed E-state index contributed by atoms with van der Waals surface area (Å²) in [6, 6.07) is 0. The lowest BCUT2D eigenvalue weighted by atomic mass is 10.0. The van der Waals surface area contributed by atoms with Gasteiger partial charge in [0.1, 0.15) is 0 Å². The molecule has 1 aliphatic heterocycles. The molecule has 0 amide bonds. The molecule has 20 heavy (non-hydrogen) atoms. The fourth-order valence-corrected chi connectivity index (χ4v) is 2.42. The van der Waals surface area contributed by atoms with Crippen molar-refractivity contribution in [3.05, 3.63) is 18.0 Å². The molecule has 1 N–H and O–H groups in total. The molecular weight excluding hydrogens is 250 g/mol. The molecule has 1 fully saturated rings. The van der Waals surface area contributed by atoms with Crippen LogP contribution in [0.2, 0.25) is 0 Å². The van der Waals surface area contributed by atoms with E-state index in [-0.39, 0.29) is 5.54 Å². The fourth-order valence-electron chi connectivity index (χ4n) is 2.42. The highest BCUT2D eigenvalue weighted by molar-refractivity contribution is 5.32. The van der Waals surface area contributed by atoms with Crippen molar-refractivity contribution in [2.45, 2.75) is 39.3 Å². The van der Waals surface area contributed by atoms with E-state index < -0.39 is 0 Å². The molecule has 2 heterocycles. The molecule has 0 unspecified atom stereocenters. The molecule has 1 aromatic heterocycles. The van der Waals surface area contributed by atoms with Crippen molar-refractivity contribution in [3.8, 4) is 0 Å². The van der Waals surface area contributed by atoms with E-state index in [0.717, 1.165) is 50.7 Å². The summed E-state index contributed by atoms with van der Waals surface area (Å²) >= 11 is 0.